The molecule has 0 heterocycles. The fourth-order valence-electron chi connectivity index (χ4n) is 10.2. The van der Waals surface area contributed by atoms with Gasteiger partial charge in [0, 0.05) is 5.41 Å². The number of fused-ring (bicyclic) bond motifs is 8. The lowest BCUT2D eigenvalue weighted by atomic mass is 9.73. The number of hydrogen-bond acceptors (Lipinski definition) is 0. The van der Waals surface area contributed by atoms with E-state index in [4.69, 9.17) is 0 Å². The number of rotatable bonds is 4. The van der Waals surface area contributed by atoms with E-state index in [-0.39, 0.29) is 5.41 Å². The third-order valence-corrected chi connectivity index (χ3v) is 12.9. The van der Waals surface area contributed by atoms with Crippen LogP contribution in [0.4, 0.5) is 0 Å². The molecule has 260 valence electrons. The van der Waals surface area contributed by atoms with Gasteiger partial charge in [-0.25, -0.2) is 0 Å². The van der Waals surface area contributed by atoms with Crippen molar-refractivity contribution in [2.45, 2.75) is 12.3 Å². The minimum absolute atomic E-state index is 0.276. The molecule has 12 rings (SSSR count). The van der Waals surface area contributed by atoms with Crippen LogP contribution in [0.1, 0.15) is 23.6 Å². The van der Waals surface area contributed by atoms with E-state index in [1.165, 1.54) is 116 Å². The average Bonchev–Trinajstić information content (AvgIpc) is 3.72. The fraction of sp³-hybridized carbons (Fsp3) is 0.0357. The van der Waals surface area contributed by atoms with Gasteiger partial charge in [-0.15, -0.1) is 0 Å². The van der Waals surface area contributed by atoms with E-state index >= 15 is 0 Å². The summed E-state index contributed by atoms with van der Waals surface area (Å²) < 4.78 is 0. The Hall–Kier alpha value is -7.02. The molecule has 0 radical (unpaired) electrons. The monoisotopic (exact) mass is 708 g/mol. The zero-order valence-corrected chi connectivity index (χ0v) is 31.1. The molecule has 10 aromatic carbocycles. The zero-order valence-electron chi connectivity index (χ0n) is 31.1. The van der Waals surface area contributed by atoms with Crippen molar-refractivity contribution in [3.63, 3.8) is 0 Å². The predicted octanol–water partition coefficient (Wildman–Crippen LogP) is 15.1. The van der Waals surface area contributed by atoms with Gasteiger partial charge in [-0.1, -0.05) is 182 Å². The Balaban J connectivity index is 1.05. The molecule has 0 fully saturated rings. The van der Waals surface area contributed by atoms with Crippen LogP contribution < -0.4 is 0 Å². The smallest absolute Gasteiger partial charge is 0.0435 e. The SMILES string of the molecule is CC1(c2ccccc2)c2cc(-c3ccc(-c4c5c(c(-c6ccccc6)c6ccccc46)-c4cccc6cccc-5c46)cc3)ccc2-c2cc3ccccc3cc21. The maximum absolute atomic E-state index is 2.46. The molecule has 0 aliphatic heterocycles. The Morgan fingerprint density at radius 2 is 0.804 bits per heavy atom. The standard InChI is InChI=1S/C56H36/c1-56(42-20-6-3-7-21-42)49-34-41(30-31-43(49)48-32-39-16-8-9-17-40(39)33-50(48)56)35-26-28-38(29-27-35)53-45-23-11-10-22-44(45)52(37-14-4-2-5-15-37)54-46-24-12-18-36-19-13-25-47(51(36)46)55(53)54/h2-34H,1H3. The topological polar surface area (TPSA) is 0 Å². The lowest BCUT2D eigenvalue weighted by Gasteiger charge is -2.29. The second-order valence-electron chi connectivity index (χ2n) is 15.7. The number of benzene rings is 10. The molecule has 2 aliphatic rings. The molecule has 0 nitrogen and oxygen atoms in total. The summed E-state index contributed by atoms with van der Waals surface area (Å²) in [7, 11) is 0. The Labute approximate surface area is 327 Å². The van der Waals surface area contributed by atoms with Crippen LogP contribution >= 0.6 is 0 Å². The van der Waals surface area contributed by atoms with Crippen LogP contribution in [0.3, 0.4) is 0 Å². The summed E-state index contributed by atoms with van der Waals surface area (Å²) in [5, 5.41) is 7.77. The van der Waals surface area contributed by atoms with E-state index in [1.54, 1.807) is 0 Å². The molecule has 0 saturated carbocycles. The van der Waals surface area contributed by atoms with Gasteiger partial charge in [-0.3, -0.25) is 0 Å². The summed E-state index contributed by atoms with van der Waals surface area (Å²) in [4.78, 5) is 0. The summed E-state index contributed by atoms with van der Waals surface area (Å²) in [6, 6.07) is 74.7. The minimum Gasteiger partial charge on any atom is -0.0622 e. The Morgan fingerprint density at radius 1 is 0.304 bits per heavy atom. The molecule has 56 heavy (non-hydrogen) atoms. The van der Waals surface area contributed by atoms with Crippen LogP contribution in [0.2, 0.25) is 0 Å². The van der Waals surface area contributed by atoms with Crippen molar-refractivity contribution < 1.29 is 0 Å². The lowest BCUT2D eigenvalue weighted by Crippen LogP contribution is -2.22. The first-order valence-corrected chi connectivity index (χ1v) is 19.7. The maximum atomic E-state index is 2.46. The number of hydrogen-bond donors (Lipinski definition) is 0. The Morgan fingerprint density at radius 3 is 1.46 bits per heavy atom. The summed E-state index contributed by atoms with van der Waals surface area (Å²) in [5.41, 5.74) is 19.3. The normalized spacial score (nSPS) is 14.9. The predicted molar refractivity (Wildman–Crippen MR) is 237 cm³/mol. The van der Waals surface area contributed by atoms with E-state index in [2.05, 4.69) is 207 Å². The largest absolute Gasteiger partial charge is 0.0622 e. The average molecular weight is 709 g/mol. The summed E-state index contributed by atoms with van der Waals surface area (Å²) in [5.74, 6) is 0. The molecule has 0 amide bonds. The van der Waals surface area contributed by atoms with Gasteiger partial charge in [0.05, 0.1) is 0 Å². The van der Waals surface area contributed by atoms with E-state index in [0.717, 1.165) is 0 Å². The van der Waals surface area contributed by atoms with Crippen LogP contribution in [0, 0.1) is 0 Å². The second-order valence-corrected chi connectivity index (χ2v) is 15.7. The van der Waals surface area contributed by atoms with Crippen molar-refractivity contribution in [2.75, 3.05) is 0 Å². The maximum Gasteiger partial charge on any atom is 0.0435 e. The van der Waals surface area contributed by atoms with E-state index in [1.807, 2.05) is 0 Å². The van der Waals surface area contributed by atoms with Crippen molar-refractivity contribution in [1.82, 2.24) is 0 Å². The molecular formula is C56H36. The highest BCUT2D eigenvalue weighted by Crippen LogP contribution is 2.58. The Bertz CT molecular complexity index is 3220. The van der Waals surface area contributed by atoms with E-state index in [0.29, 0.717) is 0 Å². The third kappa shape index (κ3) is 4.30. The molecule has 0 saturated heterocycles. The Kier molecular flexibility index (Phi) is 6.57. The molecule has 0 heteroatoms. The molecule has 0 bridgehead atoms. The van der Waals surface area contributed by atoms with Gasteiger partial charge in [-0.2, -0.15) is 0 Å². The molecular weight excluding hydrogens is 673 g/mol. The van der Waals surface area contributed by atoms with E-state index < -0.39 is 0 Å². The zero-order chi connectivity index (χ0) is 37.0. The highest BCUT2D eigenvalue weighted by molar-refractivity contribution is 6.27. The molecule has 10 aromatic rings. The lowest BCUT2D eigenvalue weighted by molar-refractivity contribution is 0.715. The highest BCUT2D eigenvalue weighted by atomic mass is 14.4. The molecule has 1 unspecified atom stereocenters. The third-order valence-electron chi connectivity index (χ3n) is 12.9. The van der Waals surface area contributed by atoms with Gasteiger partial charge < -0.3 is 0 Å². The first-order valence-electron chi connectivity index (χ1n) is 19.7. The quantitative estimate of drug-likeness (QED) is 0.171. The van der Waals surface area contributed by atoms with Crippen LogP contribution in [0.15, 0.2) is 200 Å². The van der Waals surface area contributed by atoms with Gasteiger partial charge in [-0.05, 0) is 141 Å². The molecule has 2 aliphatic carbocycles. The first-order chi connectivity index (χ1) is 27.7. The van der Waals surface area contributed by atoms with Crippen LogP contribution in [-0.2, 0) is 5.41 Å². The molecule has 0 aromatic heterocycles. The van der Waals surface area contributed by atoms with Crippen molar-refractivity contribution in [2.24, 2.45) is 0 Å². The first kappa shape index (κ1) is 31.3. The summed E-state index contributed by atoms with van der Waals surface area (Å²) in [6.07, 6.45) is 0. The van der Waals surface area contributed by atoms with Gasteiger partial charge in [0.15, 0.2) is 0 Å². The van der Waals surface area contributed by atoms with Gasteiger partial charge >= 0.3 is 0 Å². The van der Waals surface area contributed by atoms with Crippen molar-refractivity contribution in [3.8, 4) is 66.8 Å². The second kappa shape index (κ2) is 11.7. The fourth-order valence-corrected chi connectivity index (χ4v) is 10.2. The molecule has 0 spiro atoms. The van der Waals surface area contributed by atoms with Crippen LogP contribution in [0.25, 0.3) is 99.1 Å². The highest BCUT2D eigenvalue weighted by Gasteiger charge is 2.41. The van der Waals surface area contributed by atoms with Crippen molar-refractivity contribution in [3.05, 3.63) is 217 Å². The molecule has 0 N–H and O–H groups in total. The van der Waals surface area contributed by atoms with Crippen molar-refractivity contribution in [1.29, 1.82) is 0 Å². The van der Waals surface area contributed by atoms with Gasteiger partial charge in [0.1, 0.15) is 0 Å². The van der Waals surface area contributed by atoms with Crippen molar-refractivity contribution >= 4 is 32.3 Å². The van der Waals surface area contributed by atoms with Crippen LogP contribution in [-0.4, -0.2) is 0 Å². The van der Waals surface area contributed by atoms with Gasteiger partial charge in [0.25, 0.3) is 0 Å². The van der Waals surface area contributed by atoms with Crippen LogP contribution in [0.5, 0.6) is 0 Å². The summed E-state index contributed by atoms with van der Waals surface area (Å²) >= 11 is 0. The molecule has 1 atom stereocenters. The van der Waals surface area contributed by atoms with Gasteiger partial charge in [0.2, 0.25) is 0 Å². The minimum atomic E-state index is -0.276. The summed E-state index contributed by atoms with van der Waals surface area (Å²) in [6.45, 7) is 2.41. The van der Waals surface area contributed by atoms with E-state index in [9.17, 15) is 0 Å².